The van der Waals surface area contributed by atoms with E-state index in [9.17, 15) is 22.8 Å². The first-order valence-electron chi connectivity index (χ1n) is 10.0. The molecule has 0 aliphatic carbocycles. The van der Waals surface area contributed by atoms with Crippen molar-refractivity contribution >= 4 is 33.7 Å². The fourth-order valence-electron chi connectivity index (χ4n) is 4.63. The van der Waals surface area contributed by atoms with Gasteiger partial charge in [0.1, 0.15) is 6.04 Å². The Morgan fingerprint density at radius 2 is 1.61 bits per heavy atom. The van der Waals surface area contributed by atoms with Gasteiger partial charge >= 0.3 is 18.0 Å². The molecule has 1 saturated heterocycles. The van der Waals surface area contributed by atoms with E-state index in [1.165, 1.54) is 19.1 Å². The van der Waals surface area contributed by atoms with Crippen molar-refractivity contribution in [3.05, 3.63) is 60.2 Å². The SMILES string of the molecule is COC(=O)[C@@H]1C[C@]2(OC(C)=O)c3ccccc3N(S(=O)(=O)c3ccccc3)[C@@H]2N1C(=O)OC. The number of esters is 2. The summed E-state index contributed by atoms with van der Waals surface area (Å²) in [6.07, 6.45) is -2.59. The van der Waals surface area contributed by atoms with E-state index >= 15 is 0 Å². The number of carbonyl (C=O) groups excluding carboxylic acids is 3. The van der Waals surface area contributed by atoms with Crippen LogP contribution in [-0.2, 0) is 39.4 Å². The second-order valence-electron chi connectivity index (χ2n) is 7.61. The molecule has 2 heterocycles. The van der Waals surface area contributed by atoms with Gasteiger partial charge in [-0.3, -0.25) is 9.69 Å². The van der Waals surface area contributed by atoms with Gasteiger partial charge in [0.05, 0.1) is 24.8 Å². The maximum atomic E-state index is 13.9. The van der Waals surface area contributed by atoms with E-state index in [4.69, 9.17) is 14.2 Å². The summed E-state index contributed by atoms with van der Waals surface area (Å²) >= 11 is 0. The number of nitrogens with zero attached hydrogens (tertiary/aromatic N) is 2. The van der Waals surface area contributed by atoms with E-state index < -0.39 is 45.9 Å². The molecule has 2 aliphatic heterocycles. The Hall–Kier alpha value is -3.60. The number of hydrogen-bond donors (Lipinski definition) is 0. The monoisotopic (exact) mass is 474 g/mol. The Morgan fingerprint density at radius 3 is 2.21 bits per heavy atom. The predicted octanol–water partition coefficient (Wildman–Crippen LogP) is 1.99. The lowest BCUT2D eigenvalue weighted by Crippen LogP contribution is -2.57. The summed E-state index contributed by atoms with van der Waals surface area (Å²) in [5.41, 5.74) is -1.08. The normalized spacial score (nSPS) is 23.5. The number of para-hydroxylation sites is 1. The van der Waals surface area contributed by atoms with Crippen LogP contribution in [0.5, 0.6) is 0 Å². The maximum absolute atomic E-state index is 13.9. The highest BCUT2D eigenvalue weighted by Gasteiger charge is 2.69. The van der Waals surface area contributed by atoms with Crippen molar-refractivity contribution < 1.29 is 37.0 Å². The lowest BCUT2D eigenvalue weighted by Gasteiger charge is -2.36. The largest absolute Gasteiger partial charge is 0.467 e. The summed E-state index contributed by atoms with van der Waals surface area (Å²) in [5, 5.41) is 0. The third-order valence-corrected chi connectivity index (χ3v) is 7.60. The predicted molar refractivity (Wildman–Crippen MR) is 114 cm³/mol. The molecule has 1 amide bonds. The number of anilines is 1. The fraction of sp³-hybridized carbons (Fsp3) is 0.318. The van der Waals surface area contributed by atoms with Crippen LogP contribution in [0.15, 0.2) is 59.5 Å². The number of hydrogen-bond acceptors (Lipinski definition) is 8. The van der Waals surface area contributed by atoms with Crippen molar-refractivity contribution in [3.63, 3.8) is 0 Å². The number of ether oxygens (including phenoxy) is 3. The summed E-state index contributed by atoms with van der Waals surface area (Å²) in [5.74, 6) is -1.50. The van der Waals surface area contributed by atoms with Crippen molar-refractivity contribution in [2.45, 2.75) is 36.0 Å². The zero-order chi connectivity index (χ0) is 24.0. The van der Waals surface area contributed by atoms with Gasteiger partial charge in [0.25, 0.3) is 10.0 Å². The third kappa shape index (κ3) is 3.30. The van der Waals surface area contributed by atoms with Gasteiger partial charge in [0, 0.05) is 18.9 Å². The molecule has 10 nitrogen and oxygen atoms in total. The topological polar surface area (TPSA) is 120 Å². The first-order chi connectivity index (χ1) is 15.7. The lowest BCUT2D eigenvalue weighted by atomic mass is 9.90. The van der Waals surface area contributed by atoms with Crippen LogP contribution in [0.2, 0.25) is 0 Å². The van der Waals surface area contributed by atoms with Crippen molar-refractivity contribution in [1.82, 2.24) is 4.90 Å². The van der Waals surface area contributed by atoms with Gasteiger partial charge in [-0.1, -0.05) is 36.4 Å². The zero-order valence-corrected chi connectivity index (χ0v) is 18.9. The van der Waals surface area contributed by atoms with Gasteiger partial charge in [-0.25, -0.2) is 22.3 Å². The van der Waals surface area contributed by atoms with E-state index in [1.807, 2.05) is 0 Å². The van der Waals surface area contributed by atoms with Gasteiger partial charge in [-0.15, -0.1) is 0 Å². The van der Waals surface area contributed by atoms with Crippen LogP contribution < -0.4 is 4.31 Å². The highest BCUT2D eigenvalue weighted by molar-refractivity contribution is 7.92. The summed E-state index contributed by atoms with van der Waals surface area (Å²) in [4.78, 5) is 38.7. The maximum Gasteiger partial charge on any atom is 0.412 e. The van der Waals surface area contributed by atoms with Crippen LogP contribution in [0, 0.1) is 0 Å². The average Bonchev–Trinajstić information content (AvgIpc) is 3.27. The number of likely N-dealkylation sites (tertiary alicyclic amines) is 1. The summed E-state index contributed by atoms with van der Waals surface area (Å²) in [6, 6.07) is 12.8. The highest BCUT2D eigenvalue weighted by Crippen LogP contribution is 2.56. The second-order valence-corrected chi connectivity index (χ2v) is 9.42. The van der Waals surface area contributed by atoms with E-state index in [-0.39, 0.29) is 17.0 Å². The summed E-state index contributed by atoms with van der Waals surface area (Å²) in [7, 11) is -2.01. The van der Waals surface area contributed by atoms with Gasteiger partial charge in [0.2, 0.25) is 0 Å². The molecule has 4 rings (SSSR count). The Bertz CT molecular complexity index is 1220. The smallest absolute Gasteiger partial charge is 0.412 e. The Balaban J connectivity index is 2.03. The van der Waals surface area contributed by atoms with Gasteiger partial charge in [-0.2, -0.15) is 0 Å². The van der Waals surface area contributed by atoms with Gasteiger partial charge in [0.15, 0.2) is 11.8 Å². The molecule has 0 N–H and O–H groups in total. The quantitative estimate of drug-likeness (QED) is 0.488. The first-order valence-corrected chi connectivity index (χ1v) is 11.5. The van der Waals surface area contributed by atoms with E-state index in [0.717, 1.165) is 23.4 Å². The number of carbonyl (C=O) groups is 3. The highest BCUT2D eigenvalue weighted by atomic mass is 32.2. The summed E-state index contributed by atoms with van der Waals surface area (Å²) in [6.45, 7) is 1.18. The van der Waals surface area contributed by atoms with Crippen LogP contribution in [0.25, 0.3) is 0 Å². The third-order valence-electron chi connectivity index (χ3n) is 5.82. The molecule has 0 unspecified atom stereocenters. The molecule has 1 fully saturated rings. The summed E-state index contributed by atoms with van der Waals surface area (Å²) < 4.78 is 44.3. The zero-order valence-electron chi connectivity index (χ0n) is 18.1. The number of rotatable bonds is 4. The van der Waals surface area contributed by atoms with Crippen LogP contribution in [-0.4, -0.2) is 57.8 Å². The Kier molecular flexibility index (Phi) is 5.52. The molecule has 33 heavy (non-hydrogen) atoms. The van der Waals surface area contributed by atoms with Crippen molar-refractivity contribution in [1.29, 1.82) is 0 Å². The molecular weight excluding hydrogens is 452 g/mol. The molecule has 0 spiro atoms. The minimum atomic E-state index is -4.27. The molecule has 2 aromatic rings. The molecule has 2 aromatic carbocycles. The Morgan fingerprint density at radius 1 is 0.970 bits per heavy atom. The number of fused-ring (bicyclic) bond motifs is 3. The van der Waals surface area contributed by atoms with Gasteiger partial charge in [-0.05, 0) is 18.2 Å². The molecule has 2 aliphatic rings. The minimum Gasteiger partial charge on any atom is -0.467 e. The molecular formula is C22H22N2O8S. The van der Waals surface area contributed by atoms with Crippen molar-refractivity contribution in [2.24, 2.45) is 0 Å². The molecule has 3 atom stereocenters. The second kappa shape index (κ2) is 8.07. The number of benzene rings is 2. The average molecular weight is 474 g/mol. The van der Waals surface area contributed by atoms with Gasteiger partial charge < -0.3 is 14.2 Å². The molecule has 0 radical (unpaired) electrons. The molecule has 0 bridgehead atoms. The molecule has 174 valence electrons. The number of methoxy groups -OCH3 is 2. The molecule has 0 aromatic heterocycles. The van der Waals surface area contributed by atoms with Crippen LogP contribution >= 0.6 is 0 Å². The van der Waals surface area contributed by atoms with Crippen LogP contribution in [0.1, 0.15) is 18.9 Å². The standard InChI is InChI=1S/C22H22N2O8S/c1-14(25)32-22-13-18(19(26)30-2)23(21(27)31-3)20(22)24(17-12-8-7-11-16(17)22)33(28,29)15-9-5-4-6-10-15/h4-12,18,20H,13H2,1-3H3/t18-,20-,22-/m0/s1. The van der Waals surface area contributed by atoms with E-state index in [0.29, 0.717) is 5.56 Å². The van der Waals surface area contributed by atoms with E-state index in [2.05, 4.69) is 0 Å². The van der Waals surface area contributed by atoms with Crippen molar-refractivity contribution in [3.8, 4) is 0 Å². The first kappa shape index (κ1) is 22.6. The molecule has 11 heteroatoms. The number of amides is 1. The van der Waals surface area contributed by atoms with E-state index in [1.54, 1.807) is 42.5 Å². The lowest BCUT2D eigenvalue weighted by molar-refractivity contribution is -0.160. The van der Waals surface area contributed by atoms with Crippen LogP contribution in [0.4, 0.5) is 10.5 Å². The fourth-order valence-corrected chi connectivity index (χ4v) is 6.31. The molecule has 0 saturated carbocycles. The van der Waals surface area contributed by atoms with Crippen LogP contribution in [0.3, 0.4) is 0 Å². The minimum absolute atomic E-state index is 0.0373. The Labute approximate surface area is 190 Å². The number of sulfonamides is 1. The van der Waals surface area contributed by atoms with Crippen molar-refractivity contribution in [2.75, 3.05) is 18.5 Å².